The number of hydrogen-bond acceptors (Lipinski definition) is 5. The normalized spacial score (nSPS) is 23.0. The summed E-state index contributed by atoms with van der Waals surface area (Å²) in [7, 11) is 1.60. The van der Waals surface area contributed by atoms with Gasteiger partial charge in [-0.05, 0) is 63.7 Å². The maximum Gasteiger partial charge on any atom is 0.241 e. The summed E-state index contributed by atoms with van der Waals surface area (Å²) in [4.78, 5) is 27.2. The van der Waals surface area contributed by atoms with Gasteiger partial charge in [0.15, 0.2) is 0 Å². The molecule has 0 aliphatic carbocycles. The van der Waals surface area contributed by atoms with Gasteiger partial charge in [0, 0.05) is 13.1 Å². The van der Waals surface area contributed by atoms with Crippen LogP contribution in [0.25, 0.3) is 0 Å². The van der Waals surface area contributed by atoms with Gasteiger partial charge in [-0.15, -0.1) is 12.4 Å². The first-order valence-electron chi connectivity index (χ1n) is 10.3. The number of carbonyl (C=O) groups is 2. The quantitative estimate of drug-likeness (QED) is 0.623. The Kier molecular flexibility index (Phi) is 9.20. The van der Waals surface area contributed by atoms with E-state index in [1.165, 1.54) is 0 Å². The molecule has 0 bridgehead atoms. The number of piperidine rings is 1. The number of nitrogens with zero attached hydrogens (tertiary/aromatic N) is 1. The molecule has 1 aromatic carbocycles. The molecule has 0 radical (unpaired) electrons. The predicted molar refractivity (Wildman–Crippen MR) is 117 cm³/mol. The molecule has 1 aromatic rings. The summed E-state index contributed by atoms with van der Waals surface area (Å²) < 4.78 is 5.31. The summed E-state index contributed by atoms with van der Waals surface area (Å²) in [6, 6.07) is 7.16. The summed E-state index contributed by atoms with van der Waals surface area (Å²) in [5.74, 6) is 1.10. The van der Waals surface area contributed by atoms with Crippen LogP contribution in [0.3, 0.4) is 0 Å². The highest BCUT2D eigenvalue weighted by atomic mass is 35.5. The molecule has 0 spiro atoms. The number of hydrogen-bond donors (Lipinski definition) is 3. The van der Waals surface area contributed by atoms with Crippen molar-refractivity contribution in [3.05, 3.63) is 24.3 Å². The third kappa shape index (κ3) is 6.32. The number of benzene rings is 1. The third-order valence-corrected chi connectivity index (χ3v) is 5.78. The maximum absolute atomic E-state index is 12.7. The van der Waals surface area contributed by atoms with Crippen LogP contribution in [-0.4, -0.2) is 62.1 Å². The average Bonchev–Trinajstić information content (AvgIpc) is 3.27. The second-order valence-corrected chi connectivity index (χ2v) is 7.76. The number of likely N-dealkylation sites (tertiary alicyclic amines) is 1. The topological polar surface area (TPSA) is 82.7 Å². The molecule has 3 unspecified atom stereocenters. The Balaban J connectivity index is 0.00000300. The molecule has 2 fully saturated rings. The summed E-state index contributed by atoms with van der Waals surface area (Å²) in [5, 5.41) is 9.30. The number of rotatable bonds is 7. The minimum Gasteiger partial charge on any atom is -0.495 e. The molecule has 2 aliphatic heterocycles. The number of nitrogens with one attached hydrogen (secondary N) is 3. The van der Waals surface area contributed by atoms with Crippen LogP contribution in [0.4, 0.5) is 5.69 Å². The van der Waals surface area contributed by atoms with Gasteiger partial charge in [-0.3, -0.25) is 14.5 Å². The SMILES string of the molecule is COc1ccccc1NC(=O)C(C)N1CCCC(CNC(=O)C2CCCN2)C1.Cl. The maximum atomic E-state index is 12.7. The Morgan fingerprint density at radius 3 is 2.79 bits per heavy atom. The van der Waals surface area contributed by atoms with Crippen LogP contribution in [0.15, 0.2) is 24.3 Å². The van der Waals surface area contributed by atoms with E-state index in [1.807, 2.05) is 31.2 Å². The molecule has 29 heavy (non-hydrogen) atoms. The van der Waals surface area contributed by atoms with Crippen molar-refractivity contribution in [2.45, 2.75) is 44.7 Å². The number of para-hydroxylation sites is 2. The summed E-state index contributed by atoms with van der Waals surface area (Å²) in [6.07, 6.45) is 4.10. The third-order valence-electron chi connectivity index (χ3n) is 5.78. The smallest absolute Gasteiger partial charge is 0.241 e. The van der Waals surface area contributed by atoms with Crippen molar-refractivity contribution in [1.82, 2.24) is 15.5 Å². The molecule has 2 aliphatic rings. The number of carbonyl (C=O) groups excluding carboxylic acids is 2. The van der Waals surface area contributed by atoms with E-state index < -0.39 is 0 Å². The van der Waals surface area contributed by atoms with Crippen LogP contribution in [0.5, 0.6) is 5.75 Å². The first kappa shape index (κ1) is 23.4. The highest BCUT2D eigenvalue weighted by Gasteiger charge is 2.29. The highest BCUT2D eigenvalue weighted by Crippen LogP contribution is 2.24. The fraction of sp³-hybridized carbons (Fsp3) is 0.619. The summed E-state index contributed by atoms with van der Waals surface area (Å²) in [6.45, 7) is 5.25. The number of amides is 2. The average molecular weight is 425 g/mol. The standard InChI is InChI=1S/C21H32N4O3.ClH/c1-15(20(26)24-17-8-3-4-10-19(17)28-2)25-12-6-7-16(14-25)13-23-21(27)18-9-5-11-22-18;/h3-4,8,10,15-16,18,22H,5-7,9,11-14H2,1-2H3,(H,23,27)(H,24,26);1H. The number of halogens is 1. The minimum absolute atomic E-state index is 0. The molecule has 7 nitrogen and oxygen atoms in total. The van der Waals surface area contributed by atoms with Gasteiger partial charge >= 0.3 is 0 Å². The lowest BCUT2D eigenvalue weighted by Gasteiger charge is -2.36. The van der Waals surface area contributed by atoms with Crippen molar-refractivity contribution in [1.29, 1.82) is 0 Å². The van der Waals surface area contributed by atoms with Crippen LogP contribution in [0.2, 0.25) is 0 Å². The molecule has 2 amide bonds. The van der Waals surface area contributed by atoms with Gasteiger partial charge in [-0.1, -0.05) is 12.1 Å². The van der Waals surface area contributed by atoms with Crippen LogP contribution in [-0.2, 0) is 9.59 Å². The number of anilines is 1. The zero-order valence-corrected chi connectivity index (χ0v) is 18.1. The zero-order valence-electron chi connectivity index (χ0n) is 17.3. The Morgan fingerprint density at radius 1 is 1.28 bits per heavy atom. The van der Waals surface area contributed by atoms with Gasteiger partial charge in [-0.2, -0.15) is 0 Å². The number of methoxy groups -OCH3 is 1. The molecule has 2 saturated heterocycles. The first-order valence-corrected chi connectivity index (χ1v) is 10.3. The lowest BCUT2D eigenvalue weighted by molar-refractivity contribution is -0.124. The van der Waals surface area contributed by atoms with Crippen molar-refractivity contribution >= 4 is 29.9 Å². The van der Waals surface area contributed by atoms with Gasteiger partial charge in [0.25, 0.3) is 0 Å². The fourth-order valence-corrected chi connectivity index (χ4v) is 4.04. The van der Waals surface area contributed by atoms with Crippen molar-refractivity contribution in [2.75, 3.05) is 38.6 Å². The molecule has 3 atom stereocenters. The summed E-state index contributed by atoms with van der Waals surface area (Å²) >= 11 is 0. The van der Waals surface area contributed by atoms with E-state index in [9.17, 15) is 9.59 Å². The molecule has 162 valence electrons. The van der Waals surface area contributed by atoms with E-state index >= 15 is 0 Å². The van der Waals surface area contributed by atoms with Crippen LogP contribution >= 0.6 is 12.4 Å². The molecule has 3 rings (SSSR count). The Morgan fingerprint density at radius 2 is 2.07 bits per heavy atom. The molecule has 0 aromatic heterocycles. The van der Waals surface area contributed by atoms with Gasteiger partial charge in [-0.25, -0.2) is 0 Å². The highest BCUT2D eigenvalue weighted by molar-refractivity contribution is 5.95. The van der Waals surface area contributed by atoms with Gasteiger partial charge in [0.05, 0.1) is 24.9 Å². The first-order chi connectivity index (χ1) is 13.6. The molecule has 2 heterocycles. The molecular formula is C21H33ClN4O3. The second kappa shape index (κ2) is 11.4. The van der Waals surface area contributed by atoms with E-state index in [1.54, 1.807) is 7.11 Å². The summed E-state index contributed by atoms with van der Waals surface area (Å²) in [5.41, 5.74) is 0.687. The zero-order chi connectivity index (χ0) is 19.9. The monoisotopic (exact) mass is 424 g/mol. The minimum atomic E-state index is -0.236. The lowest BCUT2D eigenvalue weighted by atomic mass is 9.96. The van der Waals surface area contributed by atoms with Crippen LogP contribution in [0.1, 0.15) is 32.6 Å². The number of ether oxygens (including phenoxy) is 1. The Hall–Kier alpha value is -1.83. The molecular weight excluding hydrogens is 392 g/mol. The van der Waals surface area contributed by atoms with E-state index in [0.717, 1.165) is 45.3 Å². The van der Waals surface area contributed by atoms with Crippen molar-refractivity contribution < 1.29 is 14.3 Å². The predicted octanol–water partition coefficient (Wildman–Crippen LogP) is 2.02. The van der Waals surface area contributed by atoms with Crippen molar-refractivity contribution in [3.8, 4) is 5.75 Å². The molecule has 0 saturated carbocycles. The van der Waals surface area contributed by atoms with Crippen molar-refractivity contribution in [3.63, 3.8) is 0 Å². The van der Waals surface area contributed by atoms with Gasteiger partial charge < -0.3 is 20.7 Å². The van der Waals surface area contributed by atoms with Crippen molar-refractivity contribution in [2.24, 2.45) is 5.92 Å². The van der Waals surface area contributed by atoms with E-state index in [4.69, 9.17) is 4.74 Å². The van der Waals surface area contributed by atoms with Gasteiger partial charge in [0.1, 0.15) is 5.75 Å². The van der Waals surface area contributed by atoms with Crippen LogP contribution in [0, 0.1) is 5.92 Å². The molecule has 8 heteroatoms. The lowest BCUT2D eigenvalue weighted by Crippen LogP contribution is -2.50. The van der Waals surface area contributed by atoms with Gasteiger partial charge in [0.2, 0.25) is 11.8 Å². The Bertz CT molecular complexity index is 682. The molecule has 3 N–H and O–H groups in total. The van der Waals surface area contributed by atoms with E-state index in [0.29, 0.717) is 23.9 Å². The van der Waals surface area contributed by atoms with Crippen LogP contribution < -0.4 is 20.7 Å². The van der Waals surface area contributed by atoms with E-state index in [2.05, 4.69) is 20.9 Å². The largest absolute Gasteiger partial charge is 0.495 e. The van der Waals surface area contributed by atoms with E-state index in [-0.39, 0.29) is 36.3 Å². The fourth-order valence-electron chi connectivity index (χ4n) is 4.04. The second-order valence-electron chi connectivity index (χ2n) is 7.76. The Labute approximate surface area is 179 Å².